The van der Waals surface area contributed by atoms with Crippen LogP contribution in [0.4, 0.5) is 10.2 Å². The lowest BCUT2D eigenvalue weighted by Gasteiger charge is -2.05. The molecule has 0 fully saturated rings. The number of carbonyl (C=O) groups is 1. The molecule has 37 heavy (non-hydrogen) atoms. The van der Waals surface area contributed by atoms with Gasteiger partial charge in [-0.05, 0) is 70.4 Å². The summed E-state index contributed by atoms with van der Waals surface area (Å²) in [6.45, 7) is 17.5. The van der Waals surface area contributed by atoms with Gasteiger partial charge in [-0.2, -0.15) is 9.78 Å². The summed E-state index contributed by atoms with van der Waals surface area (Å²) < 4.78 is 13.9. The summed E-state index contributed by atoms with van der Waals surface area (Å²) in [6.07, 6.45) is 15.0. The molecule has 0 aromatic carbocycles. The number of rotatable bonds is 4. The number of aliphatic carboxylic acids is 1. The van der Waals surface area contributed by atoms with Gasteiger partial charge in [-0.25, -0.2) is 14.2 Å². The Labute approximate surface area is 222 Å². The Morgan fingerprint density at radius 1 is 1.22 bits per heavy atom. The molecular weight excluding hydrogens is 467 g/mol. The van der Waals surface area contributed by atoms with Crippen LogP contribution in [0.3, 0.4) is 0 Å². The number of pyridine rings is 1. The number of aryl methyl sites for hydroxylation is 2. The second kappa shape index (κ2) is 21.5. The van der Waals surface area contributed by atoms with Gasteiger partial charge < -0.3 is 10.8 Å². The smallest absolute Gasteiger partial charge is 0.335 e. The van der Waals surface area contributed by atoms with Crippen LogP contribution in [0, 0.1) is 6.92 Å². The molecular formula is C30H45FN4O2. The summed E-state index contributed by atoms with van der Waals surface area (Å²) in [5.41, 5.74) is 9.27. The van der Waals surface area contributed by atoms with Crippen LogP contribution in [-0.4, -0.2) is 25.8 Å². The van der Waals surface area contributed by atoms with Crippen molar-refractivity contribution in [2.24, 2.45) is 0 Å². The number of nitrogens with zero attached hydrogens (tertiary/aromatic N) is 3. The fourth-order valence-electron chi connectivity index (χ4n) is 2.62. The highest BCUT2D eigenvalue weighted by Crippen LogP contribution is 2.15. The van der Waals surface area contributed by atoms with Crippen molar-refractivity contribution >= 4 is 11.8 Å². The molecule has 2 heterocycles. The number of hydrogen-bond acceptors (Lipinski definition) is 4. The van der Waals surface area contributed by atoms with Crippen LogP contribution in [0.1, 0.15) is 73.1 Å². The van der Waals surface area contributed by atoms with Crippen molar-refractivity contribution in [1.29, 1.82) is 0 Å². The number of halogens is 1. The average Bonchev–Trinajstić information content (AvgIpc) is 3.10. The summed E-state index contributed by atoms with van der Waals surface area (Å²) in [4.78, 5) is 14.6. The summed E-state index contributed by atoms with van der Waals surface area (Å²) in [6, 6.07) is 5.78. The van der Waals surface area contributed by atoms with Gasteiger partial charge in [0.05, 0.1) is 11.3 Å². The fourth-order valence-corrected chi connectivity index (χ4v) is 2.62. The van der Waals surface area contributed by atoms with Gasteiger partial charge in [0.1, 0.15) is 11.6 Å². The minimum atomic E-state index is -0.872. The van der Waals surface area contributed by atoms with Crippen LogP contribution >= 0.6 is 0 Å². The predicted octanol–water partition coefficient (Wildman–Crippen LogP) is 8.11. The number of nitrogen functional groups attached to an aromatic ring is 1. The largest absolute Gasteiger partial charge is 0.478 e. The third kappa shape index (κ3) is 15.1. The molecule has 3 rings (SSSR count). The SMILES string of the molecule is C/C=C(\C=C(C)C)C(=O)O.CC.CC.CCc1cc(N)n(-c2ncccc2C)n1.FC1=CCC=CC=C1. The Balaban J connectivity index is 0. The Bertz CT molecular complexity index is 1070. The van der Waals surface area contributed by atoms with E-state index in [4.69, 9.17) is 10.8 Å². The summed E-state index contributed by atoms with van der Waals surface area (Å²) in [5.74, 6) is 0.419. The highest BCUT2D eigenvalue weighted by molar-refractivity contribution is 5.89. The zero-order chi connectivity index (χ0) is 28.8. The van der Waals surface area contributed by atoms with Crippen molar-refractivity contribution in [2.45, 2.75) is 75.2 Å². The first kappa shape index (κ1) is 35.4. The van der Waals surface area contributed by atoms with Crippen LogP contribution < -0.4 is 5.73 Å². The first-order chi connectivity index (χ1) is 17.7. The fraction of sp³-hybridized carbons (Fsp3) is 0.367. The molecule has 0 atom stereocenters. The van der Waals surface area contributed by atoms with Crippen molar-refractivity contribution in [3.8, 4) is 5.82 Å². The molecule has 0 spiro atoms. The Morgan fingerprint density at radius 3 is 2.32 bits per heavy atom. The van der Waals surface area contributed by atoms with E-state index in [1.807, 2.05) is 78.8 Å². The third-order valence-corrected chi connectivity index (χ3v) is 4.29. The zero-order valence-corrected chi connectivity index (χ0v) is 23.9. The molecule has 0 radical (unpaired) electrons. The first-order valence-corrected chi connectivity index (χ1v) is 12.7. The number of nitrogens with two attached hydrogens (primary N) is 1. The number of carboxylic acid groups (broad SMARTS) is 1. The van der Waals surface area contributed by atoms with E-state index in [0.29, 0.717) is 17.8 Å². The third-order valence-electron chi connectivity index (χ3n) is 4.29. The monoisotopic (exact) mass is 512 g/mol. The van der Waals surface area contributed by atoms with E-state index in [0.717, 1.165) is 29.1 Å². The lowest BCUT2D eigenvalue weighted by atomic mass is 10.2. The Hall–Kier alpha value is -3.74. The van der Waals surface area contributed by atoms with E-state index in [-0.39, 0.29) is 5.83 Å². The molecule has 1 aliphatic rings. The van der Waals surface area contributed by atoms with Crippen molar-refractivity contribution in [2.75, 3.05) is 5.73 Å². The Morgan fingerprint density at radius 2 is 1.86 bits per heavy atom. The van der Waals surface area contributed by atoms with Gasteiger partial charge >= 0.3 is 5.97 Å². The van der Waals surface area contributed by atoms with Crippen LogP contribution in [0.5, 0.6) is 0 Å². The molecule has 6 nitrogen and oxygen atoms in total. The van der Waals surface area contributed by atoms with Gasteiger partial charge in [-0.3, -0.25) is 0 Å². The molecule has 0 amide bonds. The van der Waals surface area contributed by atoms with Crippen LogP contribution in [0.2, 0.25) is 0 Å². The van der Waals surface area contributed by atoms with E-state index >= 15 is 0 Å². The maximum Gasteiger partial charge on any atom is 0.335 e. The molecule has 204 valence electrons. The maximum atomic E-state index is 12.2. The maximum absolute atomic E-state index is 12.2. The highest BCUT2D eigenvalue weighted by atomic mass is 19.1. The number of hydrogen-bond donors (Lipinski definition) is 2. The lowest BCUT2D eigenvalue weighted by molar-refractivity contribution is -0.132. The van der Waals surface area contributed by atoms with Gasteiger partial charge in [0.25, 0.3) is 0 Å². The number of aromatic nitrogens is 3. The number of anilines is 1. The van der Waals surface area contributed by atoms with Crippen LogP contribution in [-0.2, 0) is 11.2 Å². The molecule has 3 N–H and O–H groups in total. The van der Waals surface area contributed by atoms with Gasteiger partial charge in [-0.15, -0.1) is 0 Å². The molecule has 7 heteroatoms. The standard InChI is InChI=1S/C11H14N4.C8H12O2.C7H7F.2C2H6/c1-3-9-7-10(12)15(14-9)11-8(2)5-4-6-13-11;1-4-7(8(9)10)5-6(2)3;8-7-5-3-1-2-4-6-7;2*1-2/h4-7H,3,12H2,1-2H3;4-5H,1-3H3,(H,9,10);1-3,5-6H,4H2;2*1-2H3/b;7-4+;;;. The van der Waals surface area contributed by atoms with E-state index in [2.05, 4.69) is 17.0 Å². The van der Waals surface area contributed by atoms with E-state index in [1.54, 1.807) is 42.1 Å². The molecule has 0 aliphatic heterocycles. The molecule has 2 aromatic heterocycles. The summed E-state index contributed by atoms with van der Waals surface area (Å²) >= 11 is 0. The predicted molar refractivity (Wildman–Crippen MR) is 155 cm³/mol. The van der Waals surface area contributed by atoms with Gasteiger partial charge in [0.2, 0.25) is 0 Å². The second-order valence-corrected chi connectivity index (χ2v) is 7.35. The topological polar surface area (TPSA) is 94.0 Å². The van der Waals surface area contributed by atoms with Crippen molar-refractivity contribution in [1.82, 2.24) is 14.8 Å². The molecule has 2 aromatic rings. The zero-order valence-electron chi connectivity index (χ0n) is 23.9. The van der Waals surface area contributed by atoms with Gasteiger partial charge in [0.15, 0.2) is 5.82 Å². The van der Waals surface area contributed by atoms with Crippen LogP contribution in [0.15, 0.2) is 83.9 Å². The minimum absolute atomic E-state index is 0.144. The number of carboxylic acids is 1. The summed E-state index contributed by atoms with van der Waals surface area (Å²) in [5, 5.41) is 12.9. The molecule has 1 aliphatic carbocycles. The second-order valence-electron chi connectivity index (χ2n) is 7.35. The number of allylic oxidation sites excluding steroid dienone is 8. The quantitative estimate of drug-likeness (QED) is 0.319. The van der Waals surface area contributed by atoms with E-state index < -0.39 is 5.97 Å². The minimum Gasteiger partial charge on any atom is -0.478 e. The lowest BCUT2D eigenvalue weighted by Crippen LogP contribution is -2.05. The van der Waals surface area contributed by atoms with Gasteiger partial charge in [0, 0.05) is 12.3 Å². The van der Waals surface area contributed by atoms with Crippen molar-refractivity contribution < 1.29 is 14.3 Å². The normalized spacial score (nSPS) is 11.4. The van der Waals surface area contributed by atoms with Crippen LogP contribution in [0.25, 0.3) is 5.82 Å². The highest BCUT2D eigenvalue weighted by Gasteiger charge is 2.08. The molecule has 0 bridgehead atoms. The average molecular weight is 513 g/mol. The Kier molecular flexibility index (Phi) is 20.6. The van der Waals surface area contributed by atoms with E-state index in [9.17, 15) is 9.18 Å². The van der Waals surface area contributed by atoms with E-state index in [1.165, 1.54) is 6.08 Å². The van der Waals surface area contributed by atoms with Crippen molar-refractivity contribution in [3.63, 3.8) is 0 Å². The molecule has 0 saturated carbocycles. The molecule has 0 unspecified atom stereocenters. The van der Waals surface area contributed by atoms with Crippen molar-refractivity contribution in [3.05, 3.63) is 95.2 Å². The summed E-state index contributed by atoms with van der Waals surface area (Å²) in [7, 11) is 0. The first-order valence-electron chi connectivity index (χ1n) is 12.7. The van der Waals surface area contributed by atoms with Gasteiger partial charge in [-0.1, -0.05) is 70.6 Å². The molecule has 0 saturated heterocycles.